The van der Waals surface area contributed by atoms with Crippen molar-refractivity contribution in [3.8, 4) is 0 Å². The molecule has 1 aliphatic rings. The topological polar surface area (TPSA) is 78.4 Å². The third kappa shape index (κ3) is 5.56. The van der Waals surface area contributed by atoms with E-state index in [1.54, 1.807) is 0 Å². The smallest absolute Gasteiger partial charge is 0.319 e. The van der Waals surface area contributed by atoms with Gasteiger partial charge < -0.3 is 15.1 Å². The molecule has 0 saturated carbocycles. The van der Waals surface area contributed by atoms with Crippen LogP contribution < -0.4 is 5.32 Å². The Bertz CT molecular complexity index is 829. The monoisotopic (exact) mass is 429 g/mol. The maximum Gasteiger partial charge on any atom is 0.319 e. The largest absolute Gasteiger partial charge is 0.325 e. The van der Waals surface area contributed by atoms with Gasteiger partial charge in [-0.2, -0.15) is 0 Å². The molecule has 0 spiro atoms. The summed E-state index contributed by atoms with van der Waals surface area (Å²) < 4.78 is 0. The first-order chi connectivity index (χ1) is 14.5. The molecule has 0 radical (unpaired) electrons. The first-order valence-electron chi connectivity index (χ1n) is 10.7. The predicted octanol–water partition coefficient (Wildman–Crippen LogP) is 4.00. The average molecular weight is 430 g/mol. The maximum absolute atomic E-state index is 12.7. The summed E-state index contributed by atoms with van der Waals surface area (Å²) in [5.41, 5.74) is 1.27. The van der Waals surface area contributed by atoms with Crippen molar-refractivity contribution in [1.29, 1.82) is 0 Å². The molecular weight excluding hydrogens is 398 g/mol. The van der Waals surface area contributed by atoms with Gasteiger partial charge in [-0.3, -0.25) is 4.79 Å². The number of likely N-dealkylation sites (tertiary alicyclic amines) is 1. The van der Waals surface area contributed by atoms with E-state index in [2.05, 4.69) is 34.6 Å². The molecule has 30 heavy (non-hydrogen) atoms. The highest BCUT2D eigenvalue weighted by Crippen LogP contribution is 2.25. The van der Waals surface area contributed by atoms with E-state index < -0.39 is 0 Å². The Balaban J connectivity index is 1.48. The van der Waals surface area contributed by atoms with Crippen LogP contribution in [0.4, 0.5) is 9.93 Å². The quantitative estimate of drug-likeness (QED) is 0.722. The number of urea groups is 1. The van der Waals surface area contributed by atoms with Gasteiger partial charge in [0.2, 0.25) is 11.0 Å². The first kappa shape index (κ1) is 22.2. The van der Waals surface area contributed by atoms with E-state index in [0.717, 1.165) is 11.4 Å². The summed E-state index contributed by atoms with van der Waals surface area (Å²) in [6, 6.07) is 10.4. The van der Waals surface area contributed by atoms with Gasteiger partial charge in [0.25, 0.3) is 0 Å². The maximum atomic E-state index is 12.7. The Morgan fingerprint density at radius 2 is 1.83 bits per heavy atom. The molecule has 2 heterocycles. The Morgan fingerprint density at radius 3 is 2.47 bits per heavy atom. The number of amides is 3. The van der Waals surface area contributed by atoms with Crippen LogP contribution in [0.2, 0.25) is 0 Å². The SMILES string of the molecule is CCN(CC)C(=O)N1CCC(C(=O)Nc2nnc(C[C@H](C)c3ccccc3)s2)CC1. The van der Waals surface area contributed by atoms with Gasteiger partial charge in [-0.15, -0.1) is 10.2 Å². The number of carbonyl (C=O) groups is 2. The molecule has 8 heteroatoms. The van der Waals surface area contributed by atoms with Crippen molar-refractivity contribution >= 4 is 28.4 Å². The van der Waals surface area contributed by atoms with Crippen LogP contribution in [-0.4, -0.2) is 58.1 Å². The lowest BCUT2D eigenvalue weighted by atomic mass is 9.96. The van der Waals surface area contributed by atoms with Gasteiger partial charge in [0.15, 0.2) is 0 Å². The minimum absolute atomic E-state index is 0.0243. The molecule has 1 fully saturated rings. The molecule has 1 aromatic heterocycles. The zero-order valence-corrected chi connectivity index (χ0v) is 18.8. The number of piperidine rings is 1. The fraction of sp³-hybridized carbons (Fsp3) is 0.545. The summed E-state index contributed by atoms with van der Waals surface area (Å²) in [6.45, 7) is 8.78. The summed E-state index contributed by atoms with van der Waals surface area (Å²) in [6.07, 6.45) is 2.15. The van der Waals surface area contributed by atoms with Crippen molar-refractivity contribution in [1.82, 2.24) is 20.0 Å². The van der Waals surface area contributed by atoms with Crippen LogP contribution in [0, 0.1) is 5.92 Å². The van der Waals surface area contributed by atoms with E-state index in [9.17, 15) is 9.59 Å². The van der Waals surface area contributed by atoms with Gasteiger partial charge in [-0.05, 0) is 38.2 Å². The Morgan fingerprint density at radius 1 is 1.17 bits per heavy atom. The lowest BCUT2D eigenvalue weighted by molar-refractivity contribution is -0.121. The fourth-order valence-corrected chi connectivity index (χ4v) is 4.65. The summed E-state index contributed by atoms with van der Waals surface area (Å²) in [5.74, 6) is 0.223. The van der Waals surface area contributed by atoms with Gasteiger partial charge in [-0.1, -0.05) is 48.6 Å². The van der Waals surface area contributed by atoms with Crippen molar-refractivity contribution in [2.45, 2.75) is 46.0 Å². The molecule has 3 rings (SSSR count). The summed E-state index contributed by atoms with van der Waals surface area (Å²) in [5, 5.41) is 12.8. The highest BCUT2D eigenvalue weighted by molar-refractivity contribution is 7.15. The molecule has 1 N–H and O–H groups in total. The van der Waals surface area contributed by atoms with Crippen molar-refractivity contribution in [2.24, 2.45) is 5.92 Å². The molecular formula is C22H31N5O2S. The number of hydrogen-bond acceptors (Lipinski definition) is 5. The number of rotatable bonds is 7. The number of hydrogen-bond donors (Lipinski definition) is 1. The van der Waals surface area contributed by atoms with Crippen LogP contribution >= 0.6 is 11.3 Å². The molecule has 7 nitrogen and oxygen atoms in total. The molecule has 1 atom stereocenters. The Labute approximate surface area is 182 Å². The standard InChI is InChI=1S/C22H31N5O2S/c1-4-26(5-2)22(29)27-13-11-18(12-14-27)20(28)23-21-25-24-19(30-21)15-16(3)17-9-7-6-8-10-17/h6-10,16,18H,4-5,11-15H2,1-3H3,(H,23,25,28)/t16-/m0/s1. The number of benzene rings is 1. The second kappa shape index (κ2) is 10.5. The molecule has 0 bridgehead atoms. The highest BCUT2D eigenvalue weighted by Gasteiger charge is 2.29. The van der Waals surface area contributed by atoms with Crippen LogP contribution in [0.5, 0.6) is 0 Å². The molecule has 162 valence electrons. The van der Waals surface area contributed by atoms with Crippen molar-refractivity contribution in [3.63, 3.8) is 0 Å². The van der Waals surface area contributed by atoms with E-state index in [0.29, 0.717) is 50.1 Å². The van der Waals surface area contributed by atoms with E-state index in [-0.39, 0.29) is 17.9 Å². The highest BCUT2D eigenvalue weighted by atomic mass is 32.1. The molecule has 2 aromatic rings. The van der Waals surface area contributed by atoms with Gasteiger partial charge in [0, 0.05) is 38.5 Å². The number of carbonyl (C=O) groups excluding carboxylic acids is 2. The zero-order chi connectivity index (χ0) is 21.5. The first-order valence-corrected chi connectivity index (χ1v) is 11.6. The van der Waals surface area contributed by atoms with E-state index >= 15 is 0 Å². The second-order valence-corrected chi connectivity index (χ2v) is 8.78. The van der Waals surface area contributed by atoms with Crippen LogP contribution in [0.15, 0.2) is 30.3 Å². The summed E-state index contributed by atoms with van der Waals surface area (Å²) >= 11 is 1.44. The number of aromatic nitrogens is 2. The van der Waals surface area contributed by atoms with Crippen molar-refractivity contribution in [3.05, 3.63) is 40.9 Å². The summed E-state index contributed by atoms with van der Waals surface area (Å²) in [4.78, 5) is 28.8. The number of nitrogens with one attached hydrogen (secondary N) is 1. The lowest BCUT2D eigenvalue weighted by Crippen LogP contribution is -2.47. The number of nitrogens with zero attached hydrogens (tertiary/aromatic N) is 4. The minimum atomic E-state index is -0.0960. The molecule has 1 saturated heterocycles. The Hall–Kier alpha value is -2.48. The van der Waals surface area contributed by atoms with Gasteiger partial charge >= 0.3 is 6.03 Å². The lowest BCUT2D eigenvalue weighted by Gasteiger charge is -2.34. The predicted molar refractivity (Wildman–Crippen MR) is 120 cm³/mol. The summed E-state index contributed by atoms with van der Waals surface area (Å²) in [7, 11) is 0. The molecule has 1 aromatic carbocycles. The average Bonchev–Trinajstić information content (AvgIpc) is 3.21. The van der Waals surface area contributed by atoms with Crippen molar-refractivity contribution in [2.75, 3.05) is 31.5 Å². The third-order valence-electron chi connectivity index (χ3n) is 5.72. The third-order valence-corrected chi connectivity index (χ3v) is 6.58. The van der Waals surface area contributed by atoms with Gasteiger partial charge in [0.1, 0.15) is 5.01 Å². The second-order valence-electron chi connectivity index (χ2n) is 7.72. The minimum Gasteiger partial charge on any atom is -0.325 e. The van der Waals surface area contributed by atoms with E-state index in [1.807, 2.05) is 41.8 Å². The van der Waals surface area contributed by atoms with Crippen LogP contribution in [0.1, 0.15) is 50.1 Å². The fourth-order valence-electron chi connectivity index (χ4n) is 3.78. The van der Waals surface area contributed by atoms with E-state index in [4.69, 9.17) is 0 Å². The van der Waals surface area contributed by atoms with Gasteiger partial charge in [-0.25, -0.2) is 4.79 Å². The van der Waals surface area contributed by atoms with E-state index in [1.165, 1.54) is 16.9 Å². The molecule has 0 aliphatic carbocycles. The van der Waals surface area contributed by atoms with Crippen molar-refractivity contribution < 1.29 is 9.59 Å². The molecule has 3 amide bonds. The Kier molecular flexibility index (Phi) is 7.79. The van der Waals surface area contributed by atoms with Gasteiger partial charge in [0.05, 0.1) is 0 Å². The zero-order valence-electron chi connectivity index (χ0n) is 18.0. The van der Waals surface area contributed by atoms with Crippen LogP contribution in [-0.2, 0) is 11.2 Å². The van der Waals surface area contributed by atoms with Crippen LogP contribution in [0.25, 0.3) is 0 Å². The molecule has 1 aliphatic heterocycles. The van der Waals surface area contributed by atoms with Crippen LogP contribution in [0.3, 0.4) is 0 Å². The molecule has 0 unspecified atom stereocenters. The normalized spacial score (nSPS) is 15.6. The number of anilines is 1.